The molecule has 1 unspecified atom stereocenters. The van der Waals surface area contributed by atoms with Gasteiger partial charge in [0, 0.05) is 43.3 Å². The van der Waals surface area contributed by atoms with Gasteiger partial charge in [0.05, 0.1) is 16.0 Å². The van der Waals surface area contributed by atoms with E-state index in [-0.39, 0.29) is 28.2 Å². The molecule has 2 saturated heterocycles. The van der Waals surface area contributed by atoms with Gasteiger partial charge in [-0.05, 0) is 25.0 Å². The minimum atomic E-state index is -3.61. The zero-order chi connectivity index (χ0) is 24.1. The lowest BCUT2D eigenvalue weighted by Gasteiger charge is -2.36. The second-order valence-corrected chi connectivity index (χ2v) is 9.28. The number of aromatic amines is 1. The van der Waals surface area contributed by atoms with Crippen LogP contribution in [0.2, 0.25) is 10.0 Å². The highest BCUT2D eigenvalue weighted by atomic mass is 35.5. The van der Waals surface area contributed by atoms with Crippen LogP contribution in [0, 0.1) is 11.4 Å². The molecule has 2 aliphatic heterocycles. The quantitative estimate of drug-likeness (QED) is 0.552. The summed E-state index contributed by atoms with van der Waals surface area (Å²) in [6.45, 7) is 1.31. The van der Waals surface area contributed by atoms with Gasteiger partial charge in [0.25, 0.3) is 11.8 Å². The Morgan fingerprint density at radius 2 is 1.94 bits per heavy atom. The van der Waals surface area contributed by atoms with Crippen molar-refractivity contribution in [2.75, 3.05) is 26.3 Å². The molecular weight excluding hydrogens is 498 g/mol. The molecule has 5 rings (SSSR count). The third-order valence-electron chi connectivity index (χ3n) is 6.48. The molecule has 34 heavy (non-hydrogen) atoms. The highest BCUT2D eigenvalue weighted by Crippen LogP contribution is 2.50. The van der Waals surface area contributed by atoms with E-state index in [2.05, 4.69) is 20.4 Å². The molecule has 8 nitrogen and oxygen atoms in total. The Morgan fingerprint density at radius 1 is 1.18 bits per heavy atom. The maximum absolute atomic E-state index is 15.1. The molecule has 2 aromatic heterocycles. The summed E-state index contributed by atoms with van der Waals surface area (Å²) < 4.78 is 54.6. The van der Waals surface area contributed by atoms with Crippen LogP contribution < -0.4 is 0 Å². The van der Waals surface area contributed by atoms with E-state index in [4.69, 9.17) is 32.4 Å². The normalized spacial score (nSPS) is 20.3. The molecule has 0 aliphatic carbocycles. The number of H-pyrrole nitrogens is 1. The van der Waals surface area contributed by atoms with Gasteiger partial charge in [0.15, 0.2) is 5.69 Å². The van der Waals surface area contributed by atoms with E-state index in [1.807, 2.05) is 0 Å². The number of carbonyl (C=O) groups excluding carboxylic acids is 1. The Bertz CT molecular complexity index is 1230. The smallest absolute Gasteiger partial charge is 0.349 e. The van der Waals surface area contributed by atoms with Crippen molar-refractivity contribution in [1.82, 2.24) is 25.3 Å². The number of benzene rings is 1. The number of rotatable bonds is 4. The maximum atomic E-state index is 15.1. The number of aromatic nitrogens is 4. The van der Waals surface area contributed by atoms with Crippen molar-refractivity contribution in [2.45, 2.75) is 24.7 Å². The number of likely N-dealkylation sites (tertiary alicyclic amines) is 1. The highest BCUT2D eigenvalue weighted by Gasteiger charge is 2.52. The van der Waals surface area contributed by atoms with Crippen LogP contribution in [0.4, 0.5) is 13.2 Å². The van der Waals surface area contributed by atoms with Gasteiger partial charge in [-0.1, -0.05) is 29.3 Å². The molecule has 1 atom stereocenters. The van der Waals surface area contributed by atoms with Crippen LogP contribution in [0.25, 0.3) is 0 Å². The fourth-order valence-electron chi connectivity index (χ4n) is 4.64. The molecule has 3 aromatic rings. The van der Waals surface area contributed by atoms with Crippen LogP contribution in [0.15, 0.2) is 28.7 Å². The lowest BCUT2D eigenvalue weighted by molar-refractivity contribution is 0.00148. The Labute approximate surface area is 201 Å². The van der Waals surface area contributed by atoms with E-state index >= 15 is 8.78 Å². The fourth-order valence-corrected chi connectivity index (χ4v) is 4.93. The average Bonchev–Trinajstić information content (AvgIpc) is 3.55. The van der Waals surface area contributed by atoms with Crippen molar-refractivity contribution in [2.24, 2.45) is 5.41 Å². The van der Waals surface area contributed by atoms with E-state index < -0.39 is 40.6 Å². The monoisotopic (exact) mass is 515 g/mol. The van der Waals surface area contributed by atoms with Crippen LogP contribution >= 0.6 is 23.2 Å². The molecule has 13 heteroatoms. The van der Waals surface area contributed by atoms with Gasteiger partial charge in [0.1, 0.15) is 0 Å². The van der Waals surface area contributed by atoms with E-state index in [0.29, 0.717) is 32.6 Å². The van der Waals surface area contributed by atoms with Gasteiger partial charge in [-0.25, -0.2) is 0 Å². The number of halogens is 5. The SMILES string of the molecule is O=C(c1cc(F)[nH]n1)N1CC(c2nnc(C(F)(F)c3ccc(Cl)c(Cl)c3)o2)C2(CCOCC2)C1. The van der Waals surface area contributed by atoms with Gasteiger partial charge < -0.3 is 14.1 Å². The first-order valence-electron chi connectivity index (χ1n) is 10.4. The van der Waals surface area contributed by atoms with Gasteiger partial charge in [-0.15, -0.1) is 10.2 Å². The first-order valence-corrected chi connectivity index (χ1v) is 11.2. The molecule has 0 saturated carbocycles. The van der Waals surface area contributed by atoms with Crippen molar-refractivity contribution in [3.8, 4) is 0 Å². The summed E-state index contributed by atoms with van der Waals surface area (Å²) >= 11 is 11.7. The number of carbonyl (C=O) groups is 1. The minimum absolute atomic E-state index is 0.000133. The Hall–Kier alpha value is -2.63. The number of hydrogen-bond acceptors (Lipinski definition) is 6. The van der Waals surface area contributed by atoms with Crippen molar-refractivity contribution >= 4 is 29.1 Å². The van der Waals surface area contributed by atoms with Crippen LogP contribution in [-0.2, 0) is 10.7 Å². The predicted molar refractivity (Wildman–Crippen MR) is 113 cm³/mol. The predicted octanol–water partition coefficient (Wildman–Crippen LogP) is 4.42. The van der Waals surface area contributed by atoms with Crippen molar-refractivity contribution < 1.29 is 27.1 Å². The lowest BCUT2D eigenvalue weighted by atomic mass is 9.72. The third kappa shape index (κ3) is 3.95. The fraction of sp³-hybridized carbons (Fsp3) is 0.429. The molecule has 2 fully saturated rings. The summed E-state index contributed by atoms with van der Waals surface area (Å²) in [4.78, 5) is 14.4. The van der Waals surface area contributed by atoms with Crippen molar-refractivity contribution in [1.29, 1.82) is 0 Å². The number of nitrogens with one attached hydrogen (secondary N) is 1. The van der Waals surface area contributed by atoms with Gasteiger partial charge in [0.2, 0.25) is 11.8 Å². The van der Waals surface area contributed by atoms with Crippen molar-refractivity contribution in [3.05, 3.63) is 63.3 Å². The molecule has 2 aliphatic rings. The standard InChI is InChI=1S/C21H18Cl2F3N5O3/c22-13-2-1-11(7-14(13)23)21(25,26)19-30-29-17(34-19)12-9-31(10-20(12)3-5-33-6-4-20)18(32)15-8-16(24)28-27-15/h1-2,7-8,12H,3-6,9-10H2,(H,27,28). The van der Waals surface area contributed by atoms with Crippen molar-refractivity contribution in [3.63, 3.8) is 0 Å². The lowest BCUT2D eigenvalue weighted by Crippen LogP contribution is -2.37. The first kappa shape index (κ1) is 23.1. The van der Waals surface area contributed by atoms with E-state index in [1.165, 1.54) is 11.0 Å². The largest absolute Gasteiger partial charge is 0.419 e. The maximum Gasteiger partial charge on any atom is 0.349 e. The van der Waals surface area contributed by atoms with Gasteiger partial charge in [-0.2, -0.15) is 18.3 Å². The molecular formula is C21H18Cl2F3N5O3. The number of alkyl halides is 2. The molecule has 4 heterocycles. The summed E-state index contributed by atoms with van der Waals surface area (Å²) in [7, 11) is 0. The minimum Gasteiger partial charge on any atom is -0.419 e. The number of hydrogen-bond donors (Lipinski definition) is 1. The molecule has 0 bridgehead atoms. The van der Waals surface area contributed by atoms with Crippen LogP contribution in [0.1, 0.15) is 46.6 Å². The molecule has 180 valence electrons. The summed E-state index contributed by atoms with van der Waals surface area (Å²) in [6.07, 6.45) is 1.13. The third-order valence-corrected chi connectivity index (χ3v) is 7.22. The summed E-state index contributed by atoms with van der Waals surface area (Å²) in [5.74, 6) is -6.21. The Morgan fingerprint density at radius 3 is 2.62 bits per heavy atom. The average molecular weight is 516 g/mol. The molecule has 0 radical (unpaired) electrons. The zero-order valence-electron chi connectivity index (χ0n) is 17.5. The van der Waals surface area contributed by atoms with Gasteiger partial charge in [-0.3, -0.25) is 9.89 Å². The number of amides is 1. The molecule has 1 N–H and O–H groups in total. The Balaban J connectivity index is 1.45. The summed E-state index contributed by atoms with van der Waals surface area (Å²) in [6, 6.07) is 4.46. The number of ether oxygens (including phenoxy) is 1. The topological polar surface area (TPSA) is 97.1 Å². The highest BCUT2D eigenvalue weighted by molar-refractivity contribution is 6.42. The van der Waals surface area contributed by atoms with E-state index in [1.54, 1.807) is 0 Å². The Kier molecular flexibility index (Phi) is 5.81. The molecule has 1 spiro atoms. The summed E-state index contributed by atoms with van der Waals surface area (Å²) in [5, 5.41) is 13.5. The van der Waals surface area contributed by atoms with Crippen LogP contribution in [0.3, 0.4) is 0 Å². The van der Waals surface area contributed by atoms with Crippen LogP contribution in [0.5, 0.6) is 0 Å². The van der Waals surface area contributed by atoms with Crippen LogP contribution in [-0.4, -0.2) is 57.5 Å². The first-order chi connectivity index (χ1) is 16.2. The molecule has 1 aromatic carbocycles. The van der Waals surface area contributed by atoms with Gasteiger partial charge >= 0.3 is 5.92 Å². The summed E-state index contributed by atoms with van der Waals surface area (Å²) in [5.41, 5.74) is -1.02. The zero-order valence-corrected chi connectivity index (χ0v) is 19.0. The van der Waals surface area contributed by atoms with E-state index in [0.717, 1.165) is 18.2 Å². The number of nitrogens with zero attached hydrogens (tertiary/aromatic N) is 4. The van der Waals surface area contributed by atoms with E-state index in [9.17, 15) is 9.18 Å². The second kappa shape index (κ2) is 8.54. The second-order valence-electron chi connectivity index (χ2n) is 8.46. The molecule has 1 amide bonds.